The monoisotopic (exact) mass is 225 g/mol. The molecular formula is C11H19N3O2. The van der Waals surface area contributed by atoms with Gasteiger partial charge in [0, 0.05) is 25.4 Å². The molecule has 0 saturated carbocycles. The largest absolute Gasteiger partial charge is 0.480 e. The van der Waals surface area contributed by atoms with Crippen molar-refractivity contribution in [2.45, 2.75) is 32.9 Å². The molecule has 1 N–H and O–H groups in total. The molecule has 1 rings (SSSR count). The molecule has 16 heavy (non-hydrogen) atoms. The number of carboxylic acids is 1. The highest BCUT2D eigenvalue weighted by Gasteiger charge is 2.22. The SMILES string of the molecule is CCC(C(=O)O)N(CC)Cc1cnn(C)c1. The predicted molar refractivity (Wildman–Crippen MR) is 61.0 cm³/mol. The first-order chi connectivity index (χ1) is 7.58. The average Bonchev–Trinajstić information content (AvgIpc) is 2.63. The standard InChI is InChI=1S/C11H19N3O2/c1-4-10(11(15)16)14(5-2)8-9-6-12-13(3)7-9/h6-7,10H,4-5,8H2,1-3H3,(H,15,16). The van der Waals surface area contributed by atoms with E-state index in [0.29, 0.717) is 13.0 Å². The Labute approximate surface area is 95.7 Å². The second-order valence-corrected chi connectivity index (χ2v) is 3.85. The van der Waals surface area contributed by atoms with E-state index < -0.39 is 12.0 Å². The molecule has 90 valence electrons. The van der Waals surface area contributed by atoms with Crippen molar-refractivity contribution in [3.05, 3.63) is 18.0 Å². The molecular weight excluding hydrogens is 206 g/mol. The molecule has 5 nitrogen and oxygen atoms in total. The van der Waals surface area contributed by atoms with Gasteiger partial charge < -0.3 is 5.11 Å². The minimum Gasteiger partial charge on any atom is -0.480 e. The Morgan fingerprint density at radius 3 is 2.69 bits per heavy atom. The van der Waals surface area contributed by atoms with Crippen LogP contribution in [0.1, 0.15) is 25.8 Å². The number of hydrogen-bond donors (Lipinski definition) is 1. The molecule has 0 saturated heterocycles. The van der Waals surface area contributed by atoms with Crippen molar-refractivity contribution in [2.24, 2.45) is 7.05 Å². The van der Waals surface area contributed by atoms with Crippen LogP contribution < -0.4 is 0 Å². The first-order valence-electron chi connectivity index (χ1n) is 5.52. The average molecular weight is 225 g/mol. The van der Waals surface area contributed by atoms with Crippen molar-refractivity contribution in [1.82, 2.24) is 14.7 Å². The summed E-state index contributed by atoms with van der Waals surface area (Å²) in [7, 11) is 1.86. The van der Waals surface area contributed by atoms with E-state index in [9.17, 15) is 4.79 Å². The van der Waals surface area contributed by atoms with Crippen LogP contribution in [-0.2, 0) is 18.4 Å². The van der Waals surface area contributed by atoms with Gasteiger partial charge in [-0.15, -0.1) is 0 Å². The van der Waals surface area contributed by atoms with Crippen LogP contribution in [-0.4, -0.2) is 38.3 Å². The van der Waals surface area contributed by atoms with Gasteiger partial charge in [0.2, 0.25) is 0 Å². The zero-order valence-corrected chi connectivity index (χ0v) is 10.1. The van der Waals surface area contributed by atoms with Crippen LogP contribution in [0, 0.1) is 0 Å². The number of rotatable bonds is 6. The maximum absolute atomic E-state index is 11.1. The number of hydrogen-bond acceptors (Lipinski definition) is 3. The summed E-state index contributed by atoms with van der Waals surface area (Å²) in [4.78, 5) is 13.0. The van der Waals surface area contributed by atoms with Crippen LogP contribution in [0.25, 0.3) is 0 Å². The maximum atomic E-state index is 11.1. The van der Waals surface area contributed by atoms with Gasteiger partial charge >= 0.3 is 5.97 Å². The van der Waals surface area contributed by atoms with Gasteiger partial charge in [-0.25, -0.2) is 0 Å². The van der Waals surface area contributed by atoms with Crippen LogP contribution in [0.4, 0.5) is 0 Å². The smallest absolute Gasteiger partial charge is 0.320 e. The zero-order chi connectivity index (χ0) is 12.1. The summed E-state index contributed by atoms with van der Waals surface area (Å²) in [6.45, 7) is 5.22. The minimum absolute atomic E-state index is 0.412. The molecule has 1 aromatic rings. The fourth-order valence-corrected chi connectivity index (χ4v) is 1.82. The van der Waals surface area contributed by atoms with Crippen LogP contribution in [0.2, 0.25) is 0 Å². The Kier molecular flexibility index (Phi) is 4.49. The molecule has 0 fully saturated rings. The van der Waals surface area contributed by atoms with Gasteiger partial charge in [-0.3, -0.25) is 14.4 Å². The summed E-state index contributed by atoms with van der Waals surface area (Å²) >= 11 is 0. The maximum Gasteiger partial charge on any atom is 0.320 e. The molecule has 0 radical (unpaired) electrons. The fourth-order valence-electron chi connectivity index (χ4n) is 1.82. The van der Waals surface area contributed by atoms with E-state index >= 15 is 0 Å². The summed E-state index contributed by atoms with van der Waals surface area (Å²) in [6.07, 6.45) is 4.30. The molecule has 1 atom stereocenters. The Morgan fingerprint density at radius 2 is 2.31 bits per heavy atom. The molecule has 0 aliphatic carbocycles. The molecule has 0 aliphatic rings. The van der Waals surface area contributed by atoms with Crippen molar-refractivity contribution in [3.8, 4) is 0 Å². The van der Waals surface area contributed by atoms with E-state index in [1.807, 2.05) is 32.0 Å². The molecule has 5 heteroatoms. The zero-order valence-electron chi connectivity index (χ0n) is 10.1. The van der Waals surface area contributed by atoms with Crippen molar-refractivity contribution in [1.29, 1.82) is 0 Å². The van der Waals surface area contributed by atoms with Crippen molar-refractivity contribution < 1.29 is 9.90 Å². The Bertz CT molecular complexity index is 349. The fraction of sp³-hybridized carbons (Fsp3) is 0.636. The number of carboxylic acid groups (broad SMARTS) is 1. The number of aryl methyl sites for hydroxylation is 1. The van der Waals surface area contributed by atoms with Crippen LogP contribution >= 0.6 is 0 Å². The lowest BCUT2D eigenvalue weighted by Gasteiger charge is -2.25. The third-order valence-corrected chi connectivity index (χ3v) is 2.66. The van der Waals surface area contributed by atoms with Gasteiger partial charge in [-0.05, 0) is 13.0 Å². The van der Waals surface area contributed by atoms with E-state index in [1.54, 1.807) is 10.9 Å². The summed E-state index contributed by atoms with van der Waals surface area (Å²) in [5, 5.41) is 13.2. The highest BCUT2D eigenvalue weighted by atomic mass is 16.4. The number of nitrogens with zero attached hydrogens (tertiary/aromatic N) is 3. The van der Waals surface area contributed by atoms with Crippen molar-refractivity contribution >= 4 is 5.97 Å². The van der Waals surface area contributed by atoms with E-state index in [1.165, 1.54) is 0 Å². The number of aromatic nitrogens is 2. The van der Waals surface area contributed by atoms with Gasteiger partial charge in [0.05, 0.1) is 6.20 Å². The molecule has 1 heterocycles. The Hall–Kier alpha value is -1.36. The first kappa shape index (κ1) is 12.7. The number of carbonyl (C=O) groups is 1. The molecule has 0 spiro atoms. The highest BCUT2D eigenvalue weighted by Crippen LogP contribution is 2.10. The molecule has 1 aromatic heterocycles. The number of aliphatic carboxylic acids is 1. The third-order valence-electron chi connectivity index (χ3n) is 2.66. The quantitative estimate of drug-likeness (QED) is 0.787. The van der Waals surface area contributed by atoms with Gasteiger partial charge in [-0.1, -0.05) is 13.8 Å². The van der Waals surface area contributed by atoms with Gasteiger partial charge in [0.25, 0.3) is 0 Å². The van der Waals surface area contributed by atoms with Gasteiger partial charge in [0.1, 0.15) is 6.04 Å². The van der Waals surface area contributed by atoms with Crippen LogP contribution in [0.3, 0.4) is 0 Å². The van der Waals surface area contributed by atoms with Crippen LogP contribution in [0.15, 0.2) is 12.4 Å². The second kappa shape index (κ2) is 5.65. The topological polar surface area (TPSA) is 58.4 Å². The normalized spacial score (nSPS) is 13.0. The van der Waals surface area contributed by atoms with E-state index in [0.717, 1.165) is 12.1 Å². The van der Waals surface area contributed by atoms with Crippen LogP contribution in [0.5, 0.6) is 0 Å². The summed E-state index contributed by atoms with van der Waals surface area (Å²) in [5.74, 6) is -0.756. The van der Waals surface area contributed by atoms with E-state index in [2.05, 4.69) is 5.10 Å². The molecule has 1 unspecified atom stereocenters. The lowest BCUT2D eigenvalue weighted by Crippen LogP contribution is -2.40. The predicted octanol–water partition coefficient (Wildman–Crippen LogP) is 1.11. The Balaban J connectivity index is 2.70. The molecule has 0 bridgehead atoms. The first-order valence-corrected chi connectivity index (χ1v) is 5.52. The highest BCUT2D eigenvalue weighted by molar-refractivity contribution is 5.73. The van der Waals surface area contributed by atoms with E-state index in [4.69, 9.17) is 5.11 Å². The van der Waals surface area contributed by atoms with Crippen molar-refractivity contribution in [2.75, 3.05) is 6.54 Å². The summed E-state index contributed by atoms with van der Waals surface area (Å²) < 4.78 is 1.73. The lowest BCUT2D eigenvalue weighted by molar-refractivity contribution is -0.143. The van der Waals surface area contributed by atoms with Gasteiger partial charge in [-0.2, -0.15) is 5.10 Å². The minimum atomic E-state index is -0.756. The van der Waals surface area contributed by atoms with Gasteiger partial charge in [0.15, 0.2) is 0 Å². The van der Waals surface area contributed by atoms with E-state index in [-0.39, 0.29) is 0 Å². The molecule has 0 amide bonds. The summed E-state index contributed by atoms with van der Waals surface area (Å²) in [5.41, 5.74) is 1.05. The second-order valence-electron chi connectivity index (χ2n) is 3.85. The summed E-state index contributed by atoms with van der Waals surface area (Å²) in [6, 6.07) is -0.412. The van der Waals surface area contributed by atoms with Crippen molar-refractivity contribution in [3.63, 3.8) is 0 Å². The molecule has 0 aromatic carbocycles. The molecule has 0 aliphatic heterocycles. The number of likely N-dealkylation sites (N-methyl/N-ethyl adjacent to an activating group) is 1. The Morgan fingerprint density at radius 1 is 1.62 bits per heavy atom. The lowest BCUT2D eigenvalue weighted by atomic mass is 10.1. The third kappa shape index (κ3) is 3.06.